The van der Waals surface area contributed by atoms with E-state index in [0.717, 1.165) is 18.7 Å². The summed E-state index contributed by atoms with van der Waals surface area (Å²) in [6.07, 6.45) is 2.78. The molecule has 0 saturated carbocycles. The Balaban J connectivity index is 2.26. The van der Waals surface area contributed by atoms with Crippen LogP contribution in [-0.2, 0) is 4.74 Å². The Hall–Kier alpha value is -0.870. The van der Waals surface area contributed by atoms with Crippen molar-refractivity contribution in [3.05, 3.63) is 18.0 Å². The van der Waals surface area contributed by atoms with Crippen molar-refractivity contribution in [3.8, 4) is 0 Å². The Morgan fingerprint density at radius 2 is 2.43 bits per heavy atom. The SMILES string of the molecule is CC(C)n1nccc1[C@@H]1OCC[C@@H]1N. The van der Waals surface area contributed by atoms with Gasteiger partial charge < -0.3 is 10.5 Å². The molecule has 0 spiro atoms. The van der Waals surface area contributed by atoms with E-state index in [1.54, 1.807) is 0 Å². The second-order valence-corrected chi connectivity index (χ2v) is 4.04. The fraction of sp³-hybridized carbons (Fsp3) is 0.700. The third kappa shape index (κ3) is 1.55. The number of hydrogen-bond donors (Lipinski definition) is 1. The van der Waals surface area contributed by atoms with Crippen LogP contribution in [0.25, 0.3) is 0 Å². The molecule has 2 rings (SSSR count). The van der Waals surface area contributed by atoms with Crippen molar-refractivity contribution < 1.29 is 4.74 Å². The summed E-state index contributed by atoms with van der Waals surface area (Å²) in [6.45, 7) is 4.98. The summed E-state index contributed by atoms with van der Waals surface area (Å²) in [5.41, 5.74) is 7.07. The third-order valence-electron chi connectivity index (χ3n) is 2.62. The molecule has 2 heterocycles. The Morgan fingerprint density at radius 3 is 3.00 bits per heavy atom. The fourth-order valence-electron chi connectivity index (χ4n) is 1.89. The largest absolute Gasteiger partial charge is 0.370 e. The van der Waals surface area contributed by atoms with Gasteiger partial charge in [-0.25, -0.2) is 0 Å². The van der Waals surface area contributed by atoms with Gasteiger partial charge in [0.05, 0.1) is 5.69 Å². The summed E-state index contributed by atoms with van der Waals surface area (Å²) in [4.78, 5) is 0. The summed E-state index contributed by atoms with van der Waals surface area (Å²) in [5.74, 6) is 0. The van der Waals surface area contributed by atoms with E-state index in [-0.39, 0.29) is 12.1 Å². The maximum atomic E-state index is 5.97. The van der Waals surface area contributed by atoms with Crippen LogP contribution in [0, 0.1) is 0 Å². The van der Waals surface area contributed by atoms with Crippen molar-refractivity contribution >= 4 is 0 Å². The summed E-state index contributed by atoms with van der Waals surface area (Å²) >= 11 is 0. The molecule has 1 aromatic rings. The van der Waals surface area contributed by atoms with Gasteiger partial charge in [-0.15, -0.1) is 0 Å². The van der Waals surface area contributed by atoms with Crippen LogP contribution in [-0.4, -0.2) is 22.4 Å². The van der Waals surface area contributed by atoms with Gasteiger partial charge in [-0.3, -0.25) is 4.68 Å². The van der Waals surface area contributed by atoms with Crippen LogP contribution in [0.1, 0.15) is 38.1 Å². The van der Waals surface area contributed by atoms with Gasteiger partial charge in [0.25, 0.3) is 0 Å². The highest BCUT2D eigenvalue weighted by atomic mass is 16.5. The number of nitrogens with two attached hydrogens (primary N) is 1. The van der Waals surface area contributed by atoms with Crippen LogP contribution in [0.2, 0.25) is 0 Å². The van der Waals surface area contributed by atoms with E-state index in [2.05, 4.69) is 18.9 Å². The average molecular weight is 195 g/mol. The van der Waals surface area contributed by atoms with Gasteiger partial charge in [-0.1, -0.05) is 0 Å². The molecule has 0 amide bonds. The molecule has 0 aromatic carbocycles. The first-order valence-electron chi connectivity index (χ1n) is 5.10. The molecule has 2 atom stereocenters. The summed E-state index contributed by atoms with van der Waals surface area (Å²) in [6, 6.07) is 2.47. The highest BCUT2D eigenvalue weighted by Crippen LogP contribution is 2.28. The molecule has 0 unspecified atom stereocenters. The average Bonchev–Trinajstić information content (AvgIpc) is 2.70. The van der Waals surface area contributed by atoms with Gasteiger partial charge in [-0.2, -0.15) is 5.10 Å². The molecule has 14 heavy (non-hydrogen) atoms. The van der Waals surface area contributed by atoms with Gasteiger partial charge in [0.15, 0.2) is 0 Å². The van der Waals surface area contributed by atoms with E-state index in [1.807, 2.05) is 16.9 Å². The van der Waals surface area contributed by atoms with Crippen molar-refractivity contribution in [2.45, 2.75) is 38.5 Å². The molecule has 1 aliphatic heterocycles. The lowest BCUT2D eigenvalue weighted by Crippen LogP contribution is -2.26. The van der Waals surface area contributed by atoms with Crippen LogP contribution in [0.15, 0.2) is 12.3 Å². The van der Waals surface area contributed by atoms with E-state index in [4.69, 9.17) is 10.5 Å². The summed E-state index contributed by atoms with van der Waals surface area (Å²) in [5, 5.41) is 4.28. The highest BCUT2D eigenvalue weighted by molar-refractivity contribution is 5.10. The van der Waals surface area contributed by atoms with Crippen molar-refractivity contribution in [2.24, 2.45) is 5.73 Å². The molecule has 2 N–H and O–H groups in total. The van der Waals surface area contributed by atoms with E-state index in [1.165, 1.54) is 0 Å². The second-order valence-electron chi connectivity index (χ2n) is 4.04. The van der Waals surface area contributed by atoms with Crippen molar-refractivity contribution in [1.82, 2.24) is 9.78 Å². The normalized spacial score (nSPS) is 27.4. The quantitative estimate of drug-likeness (QED) is 0.772. The van der Waals surface area contributed by atoms with Gasteiger partial charge in [0, 0.05) is 24.9 Å². The van der Waals surface area contributed by atoms with Crippen LogP contribution < -0.4 is 5.73 Å². The summed E-state index contributed by atoms with van der Waals surface area (Å²) in [7, 11) is 0. The zero-order chi connectivity index (χ0) is 10.1. The molecule has 0 radical (unpaired) electrons. The maximum Gasteiger partial charge on any atom is 0.114 e. The third-order valence-corrected chi connectivity index (χ3v) is 2.62. The van der Waals surface area contributed by atoms with Crippen LogP contribution in [0.4, 0.5) is 0 Å². The molecule has 0 bridgehead atoms. The zero-order valence-electron chi connectivity index (χ0n) is 8.68. The second kappa shape index (κ2) is 3.71. The molecular weight excluding hydrogens is 178 g/mol. The Morgan fingerprint density at radius 1 is 1.64 bits per heavy atom. The minimum Gasteiger partial charge on any atom is -0.370 e. The van der Waals surface area contributed by atoms with E-state index < -0.39 is 0 Å². The first-order valence-corrected chi connectivity index (χ1v) is 5.10. The van der Waals surface area contributed by atoms with Gasteiger partial charge in [0.2, 0.25) is 0 Å². The zero-order valence-corrected chi connectivity index (χ0v) is 8.68. The Kier molecular flexibility index (Phi) is 2.56. The number of ether oxygens (including phenoxy) is 1. The van der Waals surface area contributed by atoms with Gasteiger partial charge in [-0.05, 0) is 26.3 Å². The smallest absolute Gasteiger partial charge is 0.114 e. The number of aromatic nitrogens is 2. The van der Waals surface area contributed by atoms with Crippen LogP contribution >= 0.6 is 0 Å². The lowest BCUT2D eigenvalue weighted by atomic mass is 10.1. The Bertz CT molecular complexity index is 308. The van der Waals surface area contributed by atoms with E-state index >= 15 is 0 Å². The monoisotopic (exact) mass is 195 g/mol. The fourth-order valence-corrected chi connectivity index (χ4v) is 1.89. The predicted octanol–water partition coefficient (Wildman–Crippen LogP) is 1.25. The minimum atomic E-state index is 0.0277. The summed E-state index contributed by atoms with van der Waals surface area (Å²) < 4.78 is 7.60. The van der Waals surface area contributed by atoms with E-state index in [0.29, 0.717) is 6.04 Å². The van der Waals surface area contributed by atoms with Gasteiger partial charge in [0.1, 0.15) is 6.10 Å². The standard InChI is InChI=1S/C10H17N3O/c1-7(2)13-9(3-5-12-13)10-8(11)4-6-14-10/h3,5,7-8,10H,4,6,11H2,1-2H3/t8-,10+/m0/s1. The van der Waals surface area contributed by atoms with Crippen molar-refractivity contribution in [1.29, 1.82) is 0 Å². The highest BCUT2D eigenvalue weighted by Gasteiger charge is 2.29. The molecule has 4 heteroatoms. The molecule has 1 saturated heterocycles. The molecular formula is C10H17N3O. The van der Waals surface area contributed by atoms with E-state index in [9.17, 15) is 0 Å². The number of rotatable bonds is 2. The maximum absolute atomic E-state index is 5.97. The number of hydrogen-bond acceptors (Lipinski definition) is 3. The molecule has 1 fully saturated rings. The number of nitrogens with zero attached hydrogens (tertiary/aromatic N) is 2. The lowest BCUT2D eigenvalue weighted by molar-refractivity contribution is 0.0963. The molecule has 0 aliphatic carbocycles. The van der Waals surface area contributed by atoms with Crippen LogP contribution in [0.3, 0.4) is 0 Å². The molecule has 1 aromatic heterocycles. The Labute approximate surface area is 84.0 Å². The molecule has 4 nitrogen and oxygen atoms in total. The van der Waals surface area contributed by atoms with Gasteiger partial charge >= 0.3 is 0 Å². The first-order chi connectivity index (χ1) is 6.70. The molecule has 1 aliphatic rings. The van der Waals surface area contributed by atoms with Crippen molar-refractivity contribution in [3.63, 3.8) is 0 Å². The van der Waals surface area contributed by atoms with Crippen LogP contribution in [0.5, 0.6) is 0 Å². The minimum absolute atomic E-state index is 0.0277. The molecule has 78 valence electrons. The first kappa shape index (κ1) is 9.68. The van der Waals surface area contributed by atoms with Crippen molar-refractivity contribution in [2.75, 3.05) is 6.61 Å². The topological polar surface area (TPSA) is 53.1 Å². The predicted molar refractivity (Wildman–Crippen MR) is 53.9 cm³/mol. The lowest BCUT2D eigenvalue weighted by Gasteiger charge is -2.18.